The quantitative estimate of drug-likeness (QED) is 0.703. The summed E-state index contributed by atoms with van der Waals surface area (Å²) in [5, 5.41) is 0. The minimum absolute atomic E-state index is 1.13. The Bertz CT molecular complexity index is 336. The number of hydrogen-bond donors (Lipinski definition) is 0. The molecule has 0 N–H and O–H groups in total. The second-order valence-electron chi connectivity index (χ2n) is 5.45. The summed E-state index contributed by atoms with van der Waals surface area (Å²) < 4.78 is 9.75. The van der Waals surface area contributed by atoms with Gasteiger partial charge in [0.25, 0.3) is 0 Å². The summed E-state index contributed by atoms with van der Waals surface area (Å²) >= 11 is -2.85. The molecule has 0 saturated carbocycles. The Balaban J connectivity index is 3.39. The summed E-state index contributed by atoms with van der Waals surface area (Å²) in [6, 6.07) is 0. The first kappa shape index (κ1) is 17.3. The van der Waals surface area contributed by atoms with Crippen LogP contribution in [0.25, 0.3) is 0 Å². The van der Waals surface area contributed by atoms with Crippen molar-refractivity contribution in [2.45, 2.75) is 34.1 Å². The van der Waals surface area contributed by atoms with Gasteiger partial charge in [-0.2, -0.15) is 0 Å². The summed E-state index contributed by atoms with van der Waals surface area (Å²) in [5.74, 6) is 0. The second kappa shape index (κ2) is 7.31. The summed E-state index contributed by atoms with van der Waals surface area (Å²) in [6.07, 6.45) is 5.81. The van der Waals surface area contributed by atoms with Crippen LogP contribution in [0.15, 0.2) is 21.0 Å². The SMILES string of the molecule is CC[N](C)[Zr]([C]1=C(C)C=CC1)([N](C)CC)[N](C)CC. The van der Waals surface area contributed by atoms with E-state index in [9.17, 15) is 0 Å². The van der Waals surface area contributed by atoms with E-state index in [1.54, 1.807) is 3.28 Å². The average molecular weight is 345 g/mol. The number of allylic oxidation sites excluding steroid dienone is 4. The van der Waals surface area contributed by atoms with Crippen molar-refractivity contribution >= 4 is 0 Å². The van der Waals surface area contributed by atoms with Crippen LogP contribution in [0.2, 0.25) is 0 Å². The fraction of sp³-hybridized carbons (Fsp3) is 0.733. The van der Waals surface area contributed by atoms with E-state index in [1.807, 2.05) is 0 Å². The molecule has 1 rings (SSSR count). The molecule has 1 aliphatic rings. The van der Waals surface area contributed by atoms with Gasteiger partial charge in [0.2, 0.25) is 0 Å². The van der Waals surface area contributed by atoms with Crippen molar-refractivity contribution in [1.29, 1.82) is 0 Å². The number of rotatable bonds is 7. The van der Waals surface area contributed by atoms with Crippen molar-refractivity contribution < 1.29 is 21.1 Å². The van der Waals surface area contributed by atoms with Crippen molar-refractivity contribution in [2.24, 2.45) is 0 Å². The van der Waals surface area contributed by atoms with Crippen LogP contribution in [0, 0.1) is 0 Å². The summed E-state index contributed by atoms with van der Waals surface area (Å²) in [4.78, 5) is 0. The van der Waals surface area contributed by atoms with E-state index in [-0.39, 0.29) is 0 Å². The van der Waals surface area contributed by atoms with Crippen LogP contribution in [0.4, 0.5) is 0 Å². The van der Waals surface area contributed by atoms with Crippen molar-refractivity contribution in [1.82, 2.24) is 8.53 Å². The molecular weight excluding hydrogens is 313 g/mol. The van der Waals surface area contributed by atoms with Crippen LogP contribution in [0.3, 0.4) is 0 Å². The van der Waals surface area contributed by atoms with Gasteiger partial charge in [0.05, 0.1) is 0 Å². The summed E-state index contributed by atoms with van der Waals surface area (Å²) in [5.41, 5.74) is 1.51. The Morgan fingerprint density at radius 2 is 1.37 bits per heavy atom. The first-order valence-electron chi connectivity index (χ1n) is 7.47. The van der Waals surface area contributed by atoms with Crippen LogP contribution in [0.1, 0.15) is 34.1 Å². The third-order valence-corrected chi connectivity index (χ3v) is 18.2. The molecule has 110 valence electrons. The Hall–Kier alpha value is 0.243. The second-order valence-corrected chi connectivity index (χ2v) is 15.7. The fourth-order valence-corrected chi connectivity index (χ4v) is 16.7. The monoisotopic (exact) mass is 343 g/mol. The third kappa shape index (κ3) is 2.97. The van der Waals surface area contributed by atoms with Crippen LogP contribution >= 0.6 is 0 Å². The van der Waals surface area contributed by atoms with Gasteiger partial charge < -0.3 is 0 Å². The van der Waals surface area contributed by atoms with Gasteiger partial charge in [0.1, 0.15) is 0 Å². The fourth-order valence-electron chi connectivity index (χ4n) is 3.24. The molecule has 0 aliphatic heterocycles. The zero-order chi connectivity index (χ0) is 14.6. The molecule has 0 bridgehead atoms. The van der Waals surface area contributed by atoms with Gasteiger partial charge >= 0.3 is 126 Å². The Labute approximate surface area is 125 Å². The summed E-state index contributed by atoms with van der Waals surface area (Å²) in [7, 11) is 6.98. The molecular formula is C15H31N3Zr. The third-order valence-electron chi connectivity index (χ3n) is 4.59. The van der Waals surface area contributed by atoms with Crippen LogP contribution < -0.4 is 0 Å². The predicted molar refractivity (Wildman–Crippen MR) is 81.4 cm³/mol. The van der Waals surface area contributed by atoms with Gasteiger partial charge in [-0.3, -0.25) is 0 Å². The molecule has 0 fully saturated rings. The number of hydrogen-bond acceptors (Lipinski definition) is 3. The molecule has 0 heterocycles. The molecule has 0 atom stereocenters. The molecule has 19 heavy (non-hydrogen) atoms. The Morgan fingerprint density at radius 3 is 1.63 bits per heavy atom. The van der Waals surface area contributed by atoms with E-state index < -0.39 is 21.1 Å². The van der Waals surface area contributed by atoms with Crippen LogP contribution in [-0.4, -0.2) is 49.3 Å². The van der Waals surface area contributed by atoms with E-state index in [2.05, 4.69) is 69.5 Å². The van der Waals surface area contributed by atoms with Gasteiger partial charge in [-0.1, -0.05) is 0 Å². The minimum atomic E-state index is -2.85. The normalized spacial score (nSPS) is 16.5. The van der Waals surface area contributed by atoms with Crippen molar-refractivity contribution in [2.75, 3.05) is 40.8 Å². The summed E-state index contributed by atoms with van der Waals surface area (Å²) in [6.45, 7) is 12.5. The van der Waals surface area contributed by atoms with Crippen molar-refractivity contribution in [3.63, 3.8) is 0 Å². The molecule has 0 aromatic carbocycles. The molecule has 0 aromatic heterocycles. The molecule has 1 aliphatic carbocycles. The first-order chi connectivity index (χ1) is 8.96. The van der Waals surface area contributed by atoms with Gasteiger partial charge in [-0.05, 0) is 0 Å². The maximum absolute atomic E-state index is 2.85. The van der Waals surface area contributed by atoms with Gasteiger partial charge in [-0.15, -0.1) is 0 Å². The predicted octanol–water partition coefficient (Wildman–Crippen LogP) is 2.97. The van der Waals surface area contributed by atoms with Gasteiger partial charge in [-0.25, -0.2) is 0 Å². The van der Waals surface area contributed by atoms with Gasteiger partial charge in [0, 0.05) is 0 Å². The van der Waals surface area contributed by atoms with E-state index in [0.717, 1.165) is 26.1 Å². The zero-order valence-corrected chi connectivity index (χ0v) is 16.3. The molecule has 3 nitrogen and oxygen atoms in total. The van der Waals surface area contributed by atoms with Crippen LogP contribution in [-0.2, 0) is 21.1 Å². The Morgan fingerprint density at radius 1 is 0.947 bits per heavy atom. The van der Waals surface area contributed by atoms with E-state index in [0.29, 0.717) is 0 Å². The number of nitrogens with zero attached hydrogens (tertiary/aromatic N) is 3. The van der Waals surface area contributed by atoms with Gasteiger partial charge in [0.15, 0.2) is 0 Å². The van der Waals surface area contributed by atoms with E-state index in [4.69, 9.17) is 0 Å². The van der Waals surface area contributed by atoms with Crippen molar-refractivity contribution in [3.8, 4) is 0 Å². The Kier molecular flexibility index (Phi) is 6.65. The molecule has 0 unspecified atom stereocenters. The molecule has 0 spiro atoms. The molecule has 0 saturated heterocycles. The standard InChI is InChI=1S/C6H7.3C3H8N.Zr/c1-6-4-2-3-5-6;3*1-3-4-2;/h2,4H,3H2,1H3;3*3H2,1-2H3;/q;3*-1;+3. The topological polar surface area (TPSA) is 9.72 Å². The molecule has 0 radical (unpaired) electrons. The van der Waals surface area contributed by atoms with E-state index in [1.165, 1.54) is 5.57 Å². The maximum atomic E-state index is 2.67. The first-order valence-corrected chi connectivity index (χ1v) is 12.0. The molecule has 4 heteroatoms. The van der Waals surface area contributed by atoms with Crippen molar-refractivity contribution in [3.05, 3.63) is 21.0 Å². The van der Waals surface area contributed by atoms with E-state index >= 15 is 0 Å². The average Bonchev–Trinajstić information content (AvgIpc) is 2.85. The van der Waals surface area contributed by atoms with Crippen LogP contribution in [0.5, 0.6) is 0 Å². The molecule has 0 amide bonds. The molecule has 0 aromatic rings. The zero-order valence-electron chi connectivity index (χ0n) is 13.8.